The van der Waals surface area contributed by atoms with E-state index in [1.807, 2.05) is 15.9 Å². The number of nitrogens with zero attached hydrogens (tertiary/aromatic N) is 3. The smallest absolute Gasteiger partial charge is 0.320 e. The van der Waals surface area contributed by atoms with Gasteiger partial charge in [0, 0.05) is 45.6 Å². The molecule has 30 heavy (non-hydrogen) atoms. The van der Waals surface area contributed by atoms with Crippen molar-refractivity contribution in [2.24, 2.45) is 11.8 Å². The number of urea groups is 1. The Kier molecular flexibility index (Phi) is 5.37. The molecule has 3 amide bonds. The second kappa shape index (κ2) is 7.97. The summed E-state index contributed by atoms with van der Waals surface area (Å²) in [4.78, 5) is 30.9. The molecule has 0 bridgehead atoms. The fraction of sp³-hybridized carbons (Fsp3) is 0.391. The first-order valence-electron chi connectivity index (χ1n) is 10.1. The third-order valence-corrected chi connectivity index (χ3v) is 6.13. The normalized spacial score (nSPS) is 22.8. The Bertz CT molecular complexity index is 947. The fourth-order valence-electron chi connectivity index (χ4n) is 4.72. The van der Waals surface area contributed by atoms with Crippen LogP contribution in [0.3, 0.4) is 0 Å². The van der Waals surface area contributed by atoms with E-state index in [4.69, 9.17) is 0 Å². The highest BCUT2D eigenvalue weighted by atomic mass is 19.1. The zero-order valence-electron chi connectivity index (χ0n) is 17.2. The van der Waals surface area contributed by atoms with E-state index >= 15 is 0 Å². The summed E-state index contributed by atoms with van der Waals surface area (Å²) >= 11 is 0. The second-order valence-electron chi connectivity index (χ2n) is 8.40. The van der Waals surface area contributed by atoms with Gasteiger partial charge in [0.05, 0.1) is 12.5 Å². The molecule has 2 aliphatic rings. The minimum absolute atomic E-state index is 0.0265. The third kappa shape index (κ3) is 3.84. The molecule has 1 N–H and O–H groups in total. The van der Waals surface area contributed by atoms with Crippen LogP contribution in [-0.4, -0.2) is 65.5 Å². The fourth-order valence-corrected chi connectivity index (χ4v) is 4.72. The lowest BCUT2D eigenvalue weighted by molar-refractivity contribution is -0.129. The van der Waals surface area contributed by atoms with Crippen LogP contribution in [0.25, 0.3) is 0 Å². The van der Waals surface area contributed by atoms with Gasteiger partial charge < -0.3 is 19.8 Å². The lowest BCUT2D eigenvalue weighted by Gasteiger charge is -2.32. The van der Waals surface area contributed by atoms with Gasteiger partial charge in [0.2, 0.25) is 5.91 Å². The molecule has 2 fully saturated rings. The van der Waals surface area contributed by atoms with E-state index in [0.29, 0.717) is 19.6 Å². The molecule has 0 saturated carbocycles. The molecule has 158 valence electrons. The maximum absolute atomic E-state index is 13.9. The molecular weight excluding hydrogens is 385 g/mol. The summed E-state index contributed by atoms with van der Waals surface area (Å²) in [6, 6.07) is 12.7. The Balaban J connectivity index is 1.54. The molecule has 2 aromatic rings. The van der Waals surface area contributed by atoms with Crippen LogP contribution in [0, 0.1) is 17.7 Å². The van der Waals surface area contributed by atoms with Gasteiger partial charge in [-0.3, -0.25) is 4.79 Å². The molecule has 2 heterocycles. The van der Waals surface area contributed by atoms with Crippen molar-refractivity contribution in [3.63, 3.8) is 0 Å². The average molecular weight is 411 g/mol. The number of carbonyl (C=O) groups is 2. The average Bonchev–Trinajstić information content (AvgIpc) is 3.27. The lowest BCUT2D eigenvalue weighted by Crippen LogP contribution is -2.42. The zero-order chi connectivity index (χ0) is 21.4. The highest BCUT2D eigenvalue weighted by molar-refractivity contribution is 5.79. The quantitative estimate of drug-likeness (QED) is 0.845. The summed E-state index contributed by atoms with van der Waals surface area (Å²) in [5, 5.41) is 9.42. The Morgan fingerprint density at radius 2 is 1.83 bits per heavy atom. The summed E-state index contributed by atoms with van der Waals surface area (Å²) in [5.74, 6) is 0.0981. The van der Waals surface area contributed by atoms with E-state index < -0.39 is 0 Å². The van der Waals surface area contributed by atoms with Crippen LogP contribution in [0.15, 0.2) is 48.5 Å². The van der Waals surface area contributed by atoms with Gasteiger partial charge in [-0.25, -0.2) is 9.18 Å². The van der Waals surface area contributed by atoms with Gasteiger partial charge in [0.1, 0.15) is 11.6 Å². The summed E-state index contributed by atoms with van der Waals surface area (Å²) in [7, 11) is 3.43. The number of phenols is 1. The number of fused-ring (bicyclic) bond motifs is 1. The summed E-state index contributed by atoms with van der Waals surface area (Å²) in [5.41, 5.74) is 1.62. The Morgan fingerprint density at radius 1 is 1.10 bits per heavy atom. The molecule has 7 heteroatoms. The molecule has 4 rings (SSSR count). The topological polar surface area (TPSA) is 64.1 Å². The van der Waals surface area contributed by atoms with Crippen LogP contribution >= 0.6 is 0 Å². The summed E-state index contributed by atoms with van der Waals surface area (Å²) in [6.07, 6.45) is 0.269. The van der Waals surface area contributed by atoms with Crippen molar-refractivity contribution in [3.8, 4) is 5.75 Å². The molecule has 0 radical (unpaired) electrons. The van der Waals surface area contributed by atoms with Gasteiger partial charge in [0.15, 0.2) is 0 Å². The molecular formula is C23H26FN3O3. The molecule has 0 aromatic heterocycles. The largest absolute Gasteiger partial charge is 0.508 e. The van der Waals surface area contributed by atoms with Crippen LogP contribution < -0.4 is 0 Å². The van der Waals surface area contributed by atoms with Crippen LogP contribution in [0.1, 0.15) is 17.2 Å². The lowest BCUT2D eigenvalue weighted by atomic mass is 9.89. The van der Waals surface area contributed by atoms with Gasteiger partial charge in [-0.2, -0.15) is 0 Å². The van der Waals surface area contributed by atoms with Crippen molar-refractivity contribution in [2.45, 2.75) is 12.5 Å². The summed E-state index contributed by atoms with van der Waals surface area (Å²) < 4.78 is 13.9. The standard InChI is InChI=1S/C23H26FN3O3/c1-25(2)23(30)27-13-17-12-26(21(29)10-15-6-8-19(28)9-7-15)14-20(17)22(27)16-4-3-5-18(24)11-16/h3-9,11,17,20,22,28H,10,12-14H2,1-2H3/t17-,20-,22+/m1/s1. The number of hydrogen-bond acceptors (Lipinski definition) is 3. The summed E-state index contributed by atoms with van der Waals surface area (Å²) in [6.45, 7) is 1.68. The number of likely N-dealkylation sites (tertiary alicyclic amines) is 2. The Labute approximate surface area is 175 Å². The predicted molar refractivity (Wildman–Crippen MR) is 110 cm³/mol. The number of hydrogen-bond donors (Lipinski definition) is 1. The SMILES string of the molecule is CN(C)C(=O)N1C[C@H]2CN(C(=O)Cc3ccc(O)cc3)C[C@H]2[C@@H]1c1cccc(F)c1. The predicted octanol–water partition coefficient (Wildman–Crippen LogP) is 2.89. The first-order chi connectivity index (χ1) is 14.3. The molecule has 3 atom stereocenters. The molecule has 0 aliphatic carbocycles. The number of carbonyl (C=O) groups excluding carboxylic acids is 2. The second-order valence-corrected chi connectivity index (χ2v) is 8.40. The number of aromatic hydroxyl groups is 1. The van der Waals surface area contributed by atoms with E-state index in [9.17, 15) is 19.1 Å². The maximum atomic E-state index is 13.9. The van der Waals surface area contributed by atoms with Crippen LogP contribution in [0.2, 0.25) is 0 Å². The van der Waals surface area contributed by atoms with Crippen molar-refractivity contribution < 1.29 is 19.1 Å². The third-order valence-electron chi connectivity index (χ3n) is 6.13. The van der Waals surface area contributed by atoms with Gasteiger partial charge in [0.25, 0.3) is 0 Å². The molecule has 0 spiro atoms. The van der Waals surface area contributed by atoms with Crippen molar-refractivity contribution in [3.05, 3.63) is 65.5 Å². The van der Waals surface area contributed by atoms with E-state index in [1.54, 1.807) is 49.3 Å². The zero-order valence-corrected chi connectivity index (χ0v) is 17.2. The van der Waals surface area contributed by atoms with Crippen molar-refractivity contribution in [1.82, 2.24) is 14.7 Å². The molecule has 6 nitrogen and oxygen atoms in total. The van der Waals surface area contributed by atoms with Gasteiger partial charge in [-0.05, 0) is 35.4 Å². The van der Waals surface area contributed by atoms with Crippen LogP contribution in [-0.2, 0) is 11.2 Å². The highest BCUT2D eigenvalue weighted by Crippen LogP contribution is 2.45. The Hall–Kier alpha value is -3.09. The van der Waals surface area contributed by atoms with Gasteiger partial charge in [-0.1, -0.05) is 24.3 Å². The number of phenolic OH excluding ortho intramolecular Hbond substituents is 1. The Morgan fingerprint density at radius 3 is 2.50 bits per heavy atom. The van der Waals surface area contributed by atoms with Crippen molar-refractivity contribution in [1.29, 1.82) is 0 Å². The first-order valence-corrected chi connectivity index (χ1v) is 10.1. The van der Waals surface area contributed by atoms with E-state index in [1.165, 1.54) is 12.1 Å². The van der Waals surface area contributed by atoms with Crippen LogP contribution in [0.5, 0.6) is 5.75 Å². The van der Waals surface area contributed by atoms with E-state index in [2.05, 4.69) is 0 Å². The first kappa shape index (κ1) is 20.2. The number of rotatable bonds is 3. The molecule has 2 aliphatic heterocycles. The number of amides is 3. The van der Waals surface area contributed by atoms with Crippen LogP contribution in [0.4, 0.5) is 9.18 Å². The van der Waals surface area contributed by atoms with Gasteiger partial charge >= 0.3 is 6.03 Å². The monoisotopic (exact) mass is 411 g/mol. The van der Waals surface area contributed by atoms with Crippen molar-refractivity contribution >= 4 is 11.9 Å². The maximum Gasteiger partial charge on any atom is 0.320 e. The molecule has 0 unspecified atom stereocenters. The van der Waals surface area contributed by atoms with Gasteiger partial charge in [-0.15, -0.1) is 0 Å². The number of halogens is 1. The van der Waals surface area contributed by atoms with E-state index in [0.717, 1.165) is 11.1 Å². The number of benzene rings is 2. The highest BCUT2D eigenvalue weighted by Gasteiger charge is 2.50. The van der Waals surface area contributed by atoms with E-state index in [-0.39, 0.29) is 47.8 Å². The molecule has 2 aromatic carbocycles. The minimum Gasteiger partial charge on any atom is -0.508 e. The molecule has 2 saturated heterocycles. The van der Waals surface area contributed by atoms with Crippen molar-refractivity contribution in [2.75, 3.05) is 33.7 Å². The minimum atomic E-state index is -0.327.